The number of nitrogens with zero attached hydrogens (tertiary/aromatic N) is 2. The fraction of sp³-hybridized carbons (Fsp3) is 0.0667. The Bertz CT molecular complexity index is 1970. The molecule has 7 rings (SSSR count). The predicted octanol–water partition coefficient (Wildman–Crippen LogP) is 10.1. The summed E-state index contributed by atoms with van der Waals surface area (Å²) in [4.78, 5) is 4.66. The normalized spacial score (nSPS) is 10.8. The smallest absolute Gasteiger partial charge is 0.241 e. The molecule has 0 saturated heterocycles. The average Bonchev–Trinajstić information content (AvgIpc) is 3.13. The molecule has 0 unspecified atom stereocenters. The summed E-state index contributed by atoms with van der Waals surface area (Å²) in [5.41, 5.74) is 14.3. The Balaban J connectivity index is 1.27. The Labute approximate surface area is 285 Å². The molecule has 0 amide bonds. The van der Waals surface area contributed by atoms with E-state index in [1.54, 1.807) is 0 Å². The first-order valence-electron chi connectivity index (χ1n) is 16.6. The van der Waals surface area contributed by atoms with Gasteiger partial charge in [0.1, 0.15) is 0 Å². The molecule has 0 radical (unpaired) electrons. The van der Waals surface area contributed by atoms with E-state index >= 15 is 0 Å². The molecular formula is C45H39BN2. The Morgan fingerprint density at radius 3 is 0.792 bits per heavy atom. The second-order valence-electron chi connectivity index (χ2n) is 12.5. The average molecular weight is 619 g/mol. The number of rotatable bonds is 9. The molecule has 0 spiro atoms. The van der Waals surface area contributed by atoms with Gasteiger partial charge in [-0.15, -0.1) is 0 Å². The van der Waals surface area contributed by atoms with Crippen molar-refractivity contribution in [2.75, 3.05) is 9.80 Å². The first-order chi connectivity index (χ1) is 23.5. The van der Waals surface area contributed by atoms with Crippen molar-refractivity contribution in [3.63, 3.8) is 0 Å². The zero-order valence-corrected chi connectivity index (χ0v) is 27.8. The Morgan fingerprint density at radius 2 is 0.500 bits per heavy atom. The van der Waals surface area contributed by atoms with Gasteiger partial charge in [-0.3, -0.25) is 0 Å². The largest absolute Gasteiger partial charge is 0.311 e. The van der Waals surface area contributed by atoms with E-state index in [1.807, 2.05) is 0 Å². The minimum Gasteiger partial charge on any atom is -0.311 e. The van der Waals surface area contributed by atoms with Crippen molar-refractivity contribution < 1.29 is 0 Å². The molecule has 0 aromatic heterocycles. The van der Waals surface area contributed by atoms with Crippen molar-refractivity contribution in [1.29, 1.82) is 0 Å². The van der Waals surface area contributed by atoms with Gasteiger partial charge in [0.2, 0.25) is 6.71 Å². The monoisotopic (exact) mass is 618 g/mol. The number of aryl methyl sites for hydroxylation is 3. The molecule has 0 atom stereocenters. The van der Waals surface area contributed by atoms with Crippen LogP contribution in [-0.2, 0) is 0 Å². The Morgan fingerprint density at radius 1 is 0.271 bits per heavy atom. The van der Waals surface area contributed by atoms with E-state index in [-0.39, 0.29) is 6.71 Å². The van der Waals surface area contributed by atoms with Gasteiger partial charge >= 0.3 is 0 Å². The molecule has 0 bridgehead atoms. The first-order valence-corrected chi connectivity index (χ1v) is 16.6. The molecule has 0 N–H and O–H groups in total. The third-order valence-corrected chi connectivity index (χ3v) is 8.99. The van der Waals surface area contributed by atoms with Gasteiger partial charge in [0, 0.05) is 34.1 Å². The van der Waals surface area contributed by atoms with Crippen molar-refractivity contribution in [2.24, 2.45) is 0 Å². The highest BCUT2D eigenvalue weighted by Gasteiger charge is 2.22. The first kappa shape index (κ1) is 30.8. The molecular weight excluding hydrogens is 579 g/mol. The van der Waals surface area contributed by atoms with Gasteiger partial charge in [0.25, 0.3) is 0 Å². The van der Waals surface area contributed by atoms with Crippen LogP contribution < -0.4 is 26.2 Å². The summed E-state index contributed by atoms with van der Waals surface area (Å²) >= 11 is 0. The lowest BCUT2D eigenvalue weighted by Crippen LogP contribution is -2.51. The van der Waals surface area contributed by atoms with E-state index in [0.717, 1.165) is 34.1 Å². The van der Waals surface area contributed by atoms with E-state index < -0.39 is 0 Å². The second-order valence-corrected chi connectivity index (χ2v) is 12.5. The molecule has 7 aromatic rings. The quantitative estimate of drug-likeness (QED) is 0.149. The van der Waals surface area contributed by atoms with E-state index in [4.69, 9.17) is 0 Å². The van der Waals surface area contributed by atoms with Crippen LogP contribution in [0.4, 0.5) is 34.1 Å². The maximum absolute atomic E-state index is 2.34. The van der Waals surface area contributed by atoms with Crippen LogP contribution in [0, 0.1) is 20.8 Å². The summed E-state index contributed by atoms with van der Waals surface area (Å²) in [5, 5.41) is 0. The summed E-state index contributed by atoms with van der Waals surface area (Å²) in [6.07, 6.45) is 0. The predicted molar refractivity (Wildman–Crippen MR) is 208 cm³/mol. The topological polar surface area (TPSA) is 6.48 Å². The van der Waals surface area contributed by atoms with Crippen molar-refractivity contribution in [1.82, 2.24) is 0 Å². The van der Waals surface area contributed by atoms with Crippen molar-refractivity contribution >= 4 is 57.2 Å². The van der Waals surface area contributed by atoms with Crippen molar-refractivity contribution in [2.45, 2.75) is 20.8 Å². The highest BCUT2D eigenvalue weighted by Crippen LogP contribution is 2.39. The molecule has 0 saturated carbocycles. The Hall–Kier alpha value is -5.80. The van der Waals surface area contributed by atoms with Crippen LogP contribution in [0.25, 0.3) is 0 Å². The van der Waals surface area contributed by atoms with E-state index in [9.17, 15) is 0 Å². The summed E-state index contributed by atoms with van der Waals surface area (Å²) in [6, 6.07) is 65.8. The summed E-state index contributed by atoms with van der Waals surface area (Å²) in [5.74, 6) is 0. The maximum atomic E-state index is 2.34. The van der Waals surface area contributed by atoms with Gasteiger partial charge in [-0.05, 0) is 93.6 Å². The molecule has 7 aromatic carbocycles. The number of benzene rings is 7. The zero-order valence-electron chi connectivity index (χ0n) is 27.8. The lowest BCUT2D eigenvalue weighted by atomic mass is 9.37. The van der Waals surface area contributed by atoms with Crippen LogP contribution in [-0.4, -0.2) is 6.71 Å². The minimum absolute atomic E-state index is 0.156. The van der Waals surface area contributed by atoms with Gasteiger partial charge < -0.3 is 9.80 Å². The van der Waals surface area contributed by atoms with Crippen molar-refractivity contribution in [3.05, 3.63) is 199 Å². The molecule has 3 heteroatoms. The standard InChI is InChI=1S/C45H39BN2/c1-34-14-22-40(23-15-34)47(41-24-16-35(2)17-25-41)44-30-32-45(33-31-44)48(42-26-18-36(3)19-27-42)43-28-20-39(21-29-43)46(37-10-6-4-7-11-37)38-12-8-5-9-13-38/h4-33H,1-3H3. The van der Waals surface area contributed by atoms with Gasteiger partial charge in [-0.1, -0.05) is 142 Å². The lowest BCUT2D eigenvalue weighted by molar-refractivity contribution is 1.25. The van der Waals surface area contributed by atoms with Crippen molar-refractivity contribution in [3.8, 4) is 0 Å². The van der Waals surface area contributed by atoms with Crippen LogP contribution >= 0.6 is 0 Å². The van der Waals surface area contributed by atoms with Gasteiger partial charge in [-0.2, -0.15) is 0 Å². The molecule has 0 aliphatic rings. The van der Waals surface area contributed by atoms with Crippen LogP contribution in [0.1, 0.15) is 16.7 Å². The summed E-state index contributed by atoms with van der Waals surface area (Å²) in [6.45, 7) is 6.55. The number of hydrogen-bond donors (Lipinski definition) is 0. The number of hydrogen-bond acceptors (Lipinski definition) is 2. The van der Waals surface area contributed by atoms with E-state index in [2.05, 4.69) is 213 Å². The molecule has 232 valence electrons. The maximum Gasteiger partial charge on any atom is 0.241 e. The van der Waals surface area contributed by atoms with Crippen LogP contribution in [0.3, 0.4) is 0 Å². The molecule has 0 aliphatic carbocycles. The third-order valence-electron chi connectivity index (χ3n) is 8.99. The SMILES string of the molecule is Cc1ccc(N(c2ccc(C)cc2)c2ccc(N(c3ccc(C)cc3)c3ccc(B(c4ccccc4)c4ccccc4)cc3)cc2)cc1. The van der Waals surface area contributed by atoms with Crippen LogP contribution in [0.5, 0.6) is 0 Å². The van der Waals surface area contributed by atoms with Gasteiger partial charge in [0.05, 0.1) is 0 Å². The van der Waals surface area contributed by atoms with Crippen LogP contribution in [0.15, 0.2) is 182 Å². The second kappa shape index (κ2) is 13.9. The summed E-state index contributed by atoms with van der Waals surface area (Å²) in [7, 11) is 0. The third kappa shape index (κ3) is 6.68. The molecule has 0 fully saturated rings. The highest BCUT2D eigenvalue weighted by molar-refractivity contribution is 6.95. The fourth-order valence-electron chi connectivity index (χ4n) is 6.41. The molecule has 2 nitrogen and oxygen atoms in total. The molecule has 0 heterocycles. The molecule has 0 aliphatic heterocycles. The fourth-order valence-corrected chi connectivity index (χ4v) is 6.41. The summed E-state index contributed by atoms with van der Waals surface area (Å²) < 4.78 is 0. The lowest BCUT2D eigenvalue weighted by Gasteiger charge is -2.29. The highest BCUT2D eigenvalue weighted by atomic mass is 15.2. The minimum atomic E-state index is 0.156. The zero-order chi connectivity index (χ0) is 32.9. The molecule has 48 heavy (non-hydrogen) atoms. The van der Waals surface area contributed by atoms with Crippen LogP contribution in [0.2, 0.25) is 0 Å². The van der Waals surface area contributed by atoms with Gasteiger partial charge in [0.15, 0.2) is 0 Å². The van der Waals surface area contributed by atoms with E-state index in [0.29, 0.717) is 0 Å². The Kier molecular flexibility index (Phi) is 8.93. The number of anilines is 6. The van der Waals surface area contributed by atoms with Gasteiger partial charge in [-0.25, -0.2) is 0 Å². The van der Waals surface area contributed by atoms with E-state index in [1.165, 1.54) is 33.1 Å².